The molecule has 0 unspecified atom stereocenters. The van der Waals surface area contributed by atoms with Gasteiger partial charge >= 0.3 is 0 Å². The number of hydrogen-bond acceptors (Lipinski definition) is 2. The largest absolute Gasteiger partial charge is 0.298 e. The molecule has 1 fully saturated rings. The highest BCUT2D eigenvalue weighted by atomic mass is 15.2. The molecule has 1 spiro atoms. The molecule has 1 saturated heterocycles. The molecule has 2 aliphatic rings. The molecule has 22 heavy (non-hydrogen) atoms. The predicted molar refractivity (Wildman–Crippen MR) is 92.1 cm³/mol. The second kappa shape index (κ2) is 4.79. The molecule has 4 rings (SSSR count). The summed E-state index contributed by atoms with van der Waals surface area (Å²) in [6, 6.07) is 10.9. The molecule has 0 N–H and O–H groups in total. The maximum atomic E-state index is 4.96. The van der Waals surface area contributed by atoms with Crippen LogP contribution in [0.1, 0.15) is 44.9 Å². The van der Waals surface area contributed by atoms with Crippen molar-refractivity contribution >= 4 is 10.9 Å². The van der Waals surface area contributed by atoms with E-state index in [-0.39, 0.29) is 0 Å². The van der Waals surface area contributed by atoms with Crippen LogP contribution in [0.4, 0.5) is 0 Å². The van der Waals surface area contributed by atoms with Crippen molar-refractivity contribution in [2.75, 3.05) is 13.1 Å². The van der Waals surface area contributed by atoms with Gasteiger partial charge in [0.25, 0.3) is 0 Å². The SMILES string of the molecule is CC(C)(C)N1CCC2(CC1)Cc1cc3ccccc3nc1C2. The summed E-state index contributed by atoms with van der Waals surface area (Å²) in [6.07, 6.45) is 5.05. The minimum atomic E-state index is 0.306. The lowest BCUT2D eigenvalue weighted by Gasteiger charge is -2.45. The summed E-state index contributed by atoms with van der Waals surface area (Å²) < 4.78 is 0. The van der Waals surface area contributed by atoms with Crippen molar-refractivity contribution in [3.8, 4) is 0 Å². The van der Waals surface area contributed by atoms with Crippen molar-refractivity contribution in [3.05, 3.63) is 41.6 Å². The summed E-state index contributed by atoms with van der Waals surface area (Å²) in [5.41, 5.74) is 4.81. The standard InChI is InChI=1S/C20H26N2/c1-19(2,3)22-10-8-20(9-11-22)13-16-12-15-6-4-5-7-17(15)21-18(16)14-20/h4-7,12H,8-11,13-14H2,1-3H3. The average Bonchev–Trinajstić information content (AvgIpc) is 2.80. The zero-order valence-electron chi connectivity index (χ0n) is 14.0. The first kappa shape index (κ1) is 14.2. The number of nitrogens with zero attached hydrogens (tertiary/aromatic N) is 2. The Morgan fingerprint density at radius 1 is 1.05 bits per heavy atom. The summed E-state index contributed by atoms with van der Waals surface area (Å²) in [4.78, 5) is 7.60. The number of benzene rings is 1. The Kier molecular flexibility index (Phi) is 3.09. The number of pyridine rings is 1. The maximum absolute atomic E-state index is 4.96. The molecule has 1 aromatic heterocycles. The summed E-state index contributed by atoms with van der Waals surface area (Å²) in [5, 5.41) is 1.30. The van der Waals surface area contributed by atoms with E-state index in [1.54, 1.807) is 0 Å². The van der Waals surface area contributed by atoms with E-state index in [1.165, 1.54) is 55.4 Å². The number of piperidine rings is 1. The van der Waals surface area contributed by atoms with Crippen molar-refractivity contribution in [1.82, 2.24) is 9.88 Å². The van der Waals surface area contributed by atoms with Crippen LogP contribution in [0.3, 0.4) is 0 Å². The van der Waals surface area contributed by atoms with Crippen LogP contribution in [-0.4, -0.2) is 28.5 Å². The molecule has 2 nitrogen and oxygen atoms in total. The van der Waals surface area contributed by atoms with Crippen LogP contribution < -0.4 is 0 Å². The number of hydrogen-bond donors (Lipinski definition) is 0. The Balaban J connectivity index is 1.58. The van der Waals surface area contributed by atoms with Gasteiger partial charge in [-0.2, -0.15) is 0 Å². The van der Waals surface area contributed by atoms with E-state index < -0.39 is 0 Å². The second-order valence-corrected chi connectivity index (χ2v) is 8.30. The lowest BCUT2D eigenvalue weighted by molar-refractivity contribution is 0.0470. The number of aromatic nitrogens is 1. The van der Waals surface area contributed by atoms with Gasteiger partial charge in [-0.3, -0.25) is 9.88 Å². The molecule has 116 valence electrons. The van der Waals surface area contributed by atoms with E-state index in [0.717, 1.165) is 5.52 Å². The van der Waals surface area contributed by atoms with Crippen LogP contribution in [0.15, 0.2) is 30.3 Å². The van der Waals surface area contributed by atoms with Crippen molar-refractivity contribution in [1.29, 1.82) is 0 Å². The fourth-order valence-electron chi connectivity index (χ4n) is 4.33. The lowest BCUT2D eigenvalue weighted by atomic mass is 9.75. The van der Waals surface area contributed by atoms with Crippen molar-refractivity contribution in [2.45, 2.75) is 52.0 Å². The lowest BCUT2D eigenvalue weighted by Crippen LogP contribution is -2.49. The van der Waals surface area contributed by atoms with Gasteiger partial charge < -0.3 is 0 Å². The van der Waals surface area contributed by atoms with Crippen LogP contribution >= 0.6 is 0 Å². The van der Waals surface area contributed by atoms with Gasteiger partial charge in [0.15, 0.2) is 0 Å². The van der Waals surface area contributed by atoms with Gasteiger partial charge in [-0.25, -0.2) is 0 Å². The van der Waals surface area contributed by atoms with Gasteiger partial charge in [0.1, 0.15) is 0 Å². The number of rotatable bonds is 0. The molecule has 2 heteroatoms. The zero-order valence-corrected chi connectivity index (χ0v) is 14.0. The smallest absolute Gasteiger partial charge is 0.0705 e. The molecule has 1 aromatic carbocycles. The topological polar surface area (TPSA) is 16.1 Å². The van der Waals surface area contributed by atoms with Gasteiger partial charge in [-0.05, 0) is 82.7 Å². The minimum Gasteiger partial charge on any atom is -0.298 e. The Bertz CT molecular complexity index is 657. The number of fused-ring (bicyclic) bond motifs is 2. The third kappa shape index (κ3) is 2.34. The van der Waals surface area contributed by atoms with Crippen LogP contribution in [0.2, 0.25) is 0 Å². The summed E-state index contributed by atoms with van der Waals surface area (Å²) in [7, 11) is 0. The van der Waals surface area contributed by atoms with E-state index >= 15 is 0 Å². The maximum Gasteiger partial charge on any atom is 0.0705 e. The van der Waals surface area contributed by atoms with E-state index in [4.69, 9.17) is 4.98 Å². The molecule has 1 aliphatic carbocycles. The van der Waals surface area contributed by atoms with Crippen molar-refractivity contribution in [2.24, 2.45) is 5.41 Å². The zero-order chi connectivity index (χ0) is 15.4. The highest BCUT2D eigenvalue weighted by Crippen LogP contribution is 2.45. The molecule has 2 aromatic rings. The third-order valence-corrected chi connectivity index (χ3v) is 5.77. The Morgan fingerprint density at radius 2 is 1.77 bits per heavy atom. The second-order valence-electron chi connectivity index (χ2n) is 8.30. The Labute approximate surface area is 133 Å². The van der Waals surface area contributed by atoms with Gasteiger partial charge in [0, 0.05) is 16.6 Å². The van der Waals surface area contributed by atoms with Gasteiger partial charge in [0.2, 0.25) is 0 Å². The van der Waals surface area contributed by atoms with Crippen LogP contribution in [-0.2, 0) is 12.8 Å². The molecular formula is C20H26N2. The molecule has 1 aliphatic heterocycles. The molecule has 0 bridgehead atoms. The van der Waals surface area contributed by atoms with E-state index in [1.807, 2.05) is 0 Å². The van der Waals surface area contributed by atoms with Crippen molar-refractivity contribution in [3.63, 3.8) is 0 Å². The van der Waals surface area contributed by atoms with Gasteiger partial charge in [-0.15, -0.1) is 0 Å². The molecule has 0 atom stereocenters. The minimum absolute atomic E-state index is 0.306. The highest BCUT2D eigenvalue weighted by Gasteiger charge is 2.42. The summed E-state index contributed by atoms with van der Waals surface area (Å²) >= 11 is 0. The van der Waals surface area contributed by atoms with E-state index in [2.05, 4.69) is 56.0 Å². The van der Waals surface area contributed by atoms with E-state index in [9.17, 15) is 0 Å². The van der Waals surface area contributed by atoms with Crippen LogP contribution in [0.5, 0.6) is 0 Å². The third-order valence-electron chi connectivity index (χ3n) is 5.77. The van der Waals surface area contributed by atoms with Crippen LogP contribution in [0, 0.1) is 5.41 Å². The molecular weight excluding hydrogens is 268 g/mol. The normalized spacial score (nSPS) is 21.4. The van der Waals surface area contributed by atoms with Crippen molar-refractivity contribution < 1.29 is 0 Å². The first-order chi connectivity index (χ1) is 10.5. The average molecular weight is 294 g/mol. The molecule has 0 radical (unpaired) electrons. The summed E-state index contributed by atoms with van der Waals surface area (Å²) in [5.74, 6) is 0. The summed E-state index contributed by atoms with van der Waals surface area (Å²) in [6.45, 7) is 9.47. The van der Waals surface area contributed by atoms with E-state index in [0.29, 0.717) is 11.0 Å². The fraction of sp³-hybridized carbons (Fsp3) is 0.550. The monoisotopic (exact) mass is 294 g/mol. The molecule has 0 amide bonds. The molecule has 2 heterocycles. The quantitative estimate of drug-likeness (QED) is 0.723. The fourth-order valence-corrected chi connectivity index (χ4v) is 4.33. The first-order valence-electron chi connectivity index (χ1n) is 8.58. The first-order valence-corrected chi connectivity index (χ1v) is 8.58. The highest BCUT2D eigenvalue weighted by molar-refractivity contribution is 5.79. The van der Waals surface area contributed by atoms with Gasteiger partial charge in [-0.1, -0.05) is 18.2 Å². The Morgan fingerprint density at radius 3 is 2.50 bits per heavy atom. The predicted octanol–water partition coefficient (Wildman–Crippen LogP) is 4.21. The molecule has 0 saturated carbocycles. The van der Waals surface area contributed by atoms with Crippen LogP contribution in [0.25, 0.3) is 10.9 Å². The number of likely N-dealkylation sites (tertiary alicyclic amines) is 1. The Hall–Kier alpha value is -1.41. The number of para-hydroxylation sites is 1. The van der Waals surface area contributed by atoms with Gasteiger partial charge in [0.05, 0.1) is 5.52 Å².